The van der Waals surface area contributed by atoms with Crippen molar-refractivity contribution in [1.29, 1.82) is 5.26 Å². The van der Waals surface area contributed by atoms with Crippen LogP contribution in [-0.2, 0) is 14.3 Å². The zero-order chi connectivity index (χ0) is 17.1. The molecule has 0 saturated heterocycles. The van der Waals surface area contributed by atoms with E-state index in [1.54, 1.807) is 26.8 Å². The van der Waals surface area contributed by atoms with Crippen LogP contribution in [0.2, 0.25) is 0 Å². The monoisotopic (exact) mass is 316 g/mol. The predicted octanol–water partition coefficient (Wildman–Crippen LogP) is 2.86. The van der Waals surface area contributed by atoms with Crippen molar-refractivity contribution in [3.8, 4) is 6.07 Å². The first kappa shape index (κ1) is 16.6. The van der Waals surface area contributed by atoms with Gasteiger partial charge in [-0.3, -0.25) is 0 Å². The van der Waals surface area contributed by atoms with Crippen molar-refractivity contribution in [2.75, 3.05) is 0 Å². The largest absolute Gasteiger partial charge is 0.459 e. The third-order valence-electron chi connectivity index (χ3n) is 3.35. The maximum Gasteiger partial charge on any atom is 0.338 e. The van der Waals surface area contributed by atoms with E-state index in [0.717, 1.165) is 0 Å². The summed E-state index contributed by atoms with van der Waals surface area (Å²) in [5, 5.41) is 9.39. The highest BCUT2D eigenvalue weighted by molar-refractivity contribution is 5.92. The van der Waals surface area contributed by atoms with Gasteiger partial charge in [-0.2, -0.15) is 5.26 Å². The third-order valence-corrected chi connectivity index (χ3v) is 3.35. The van der Waals surface area contributed by atoms with E-state index in [9.17, 15) is 14.4 Å². The zero-order valence-corrected chi connectivity index (χ0v) is 13.1. The van der Waals surface area contributed by atoms with E-state index in [0.29, 0.717) is 5.56 Å². The van der Waals surface area contributed by atoms with Gasteiger partial charge in [-0.05, 0) is 38.5 Å². The van der Waals surface area contributed by atoms with Gasteiger partial charge in [0.25, 0.3) is 0 Å². The summed E-state index contributed by atoms with van der Waals surface area (Å²) in [5.41, 5.74) is 6.40. The standard InChI is InChI=1S/C17H17FN2O3/c1-9(2)22-17(21)14-10(3)23-16(20)13(8-19)15(14)11-5-4-6-12(18)7-11/h4-7,9,15H,20H2,1-3H3/t15-/m1/s1. The van der Waals surface area contributed by atoms with Gasteiger partial charge in [-0.1, -0.05) is 12.1 Å². The summed E-state index contributed by atoms with van der Waals surface area (Å²) in [6.45, 7) is 4.98. The number of esters is 1. The van der Waals surface area contributed by atoms with Crippen LogP contribution in [0.3, 0.4) is 0 Å². The summed E-state index contributed by atoms with van der Waals surface area (Å²) in [6, 6.07) is 7.62. The Balaban J connectivity index is 2.59. The van der Waals surface area contributed by atoms with Crippen molar-refractivity contribution < 1.29 is 18.7 Å². The van der Waals surface area contributed by atoms with Crippen molar-refractivity contribution >= 4 is 5.97 Å². The molecule has 1 heterocycles. The van der Waals surface area contributed by atoms with Crippen LogP contribution in [-0.4, -0.2) is 12.1 Å². The van der Waals surface area contributed by atoms with Crippen LogP contribution >= 0.6 is 0 Å². The molecule has 23 heavy (non-hydrogen) atoms. The van der Waals surface area contributed by atoms with Crippen LogP contribution in [0.1, 0.15) is 32.3 Å². The van der Waals surface area contributed by atoms with Gasteiger partial charge in [0.05, 0.1) is 17.6 Å². The molecule has 0 unspecified atom stereocenters. The Labute approximate surface area is 133 Å². The quantitative estimate of drug-likeness (QED) is 0.867. The number of hydrogen-bond donors (Lipinski definition) is 1. The Kier molecular flexibility index (Phi) is 4.70. The van der Waals surface area contributed by atoms with Gasteiger partial charge < -0.3 is 15.2 Å². The van der Waals surface area contributed by atoms with E-state index in [1.807, 2.05) is 6.07 Å². The molecule has 0 radical (unpaired) electrons. The van der Waals surface area contributed by atoms with E-state index in [2.05, 4.69) is 0 Å². The third kappa shape index (κ3) is 3.34. The van der Waals surface area contributed by atoms with Gasteiger partial charge >= 0.3 is 5.97 Å². The molecule has 5 nitrogen and oxygen atoms in total. The van der Waals surface area contributed by atoms with Crippen LogP contribution in [0.15, 0.2) is 47.1 Å². The maximum absolute atomic E-state index is 13.6. The number of benzene rings is 1. The molecule has 2 rings (SSSR count). The lowest BCUT2D eigenvalue weighted by Gasteiger charge is -2.27. The second-order valence-corrected chi connectivity index (χ2v) is 5.40. The number of nitrogens with two attached hydrogens (primary N) is 1. The minimum absolute atomic E-state index is 0.0527. The van der Waals surface area contributed by atoms with Crippen molar-refractivity contribution in [1.82, 2.24) is 0 Å². The highest BCUT2D eigenvalue weighted by Gasteiger charge is 2.36. The van der Waals surface area contributed by atoms with Crippen LogP contribution in [0.4, 0.5) is 4.39 Å². The zero-order valence-electron chi connectivity index (χ0n) is 13.1. The van der Waals surface area contributed by atoms with E-state index < -0.39 is 17.7 Å². The van der Waals surface area contributed by atoms with Gasteiger partial charge in [-0.15, -0.1) is 0 Å². The summed E-state index contributed by atoms with van der Waals surface area (Å²) in [6.07, 6.45) is -0.343. The molecule has 0 aliphatic carbocycles. The lowest BCUT2D eigenvalue weighted by atomic mass is 9.83. The molecule has 1 aromatic rings. The Morgan fingerprint density at radius 2 is 2.17 bits per heavy atom. The number of nitrogens with zero attached hydrogens (tertiary/aromatic N) is 1. The first-order chi connectivity index (χ1) is 10.8. The summed E-state index contributed by atoms with van der Waals surface area (Å²) < 4.78 is 24.1. The highest BCUT2D eigenvalue weighted by Crippen LogP contribution is 2.39. The number of halogens is 1. The van der Waals surface area contributed by atoms with E-state index in [1.165, 1.54) is 18.2 Å². The Bertz CT molecular complexity index is 744. The average Bonchev–Trinajstić information content (AvgIpc) is 2.45. The van der Waals surface area contributed by atoms with Crippen molar-refractivity contribution in [3.63, 3.8) is 0 Å². The summed E-state index contributed by atoms with van der Waals surface area (Å²) in [5.74, 6) is -1.77. The van der Waals surface area contributed by atoms with Gasteiger partial charge in [-0.25, -0.2) is 9.18 Å². The number of rotatable bonds is 3. The number of ether oxygens (including phenoxy) is 2. The van der Waals surface area contributed by atoms with Crippen LogP contribution in [0, 0.1) is 17.1 Å². The average molecular weight is 316 g/mol. The minimum Gasteiger partial charge on any atom is -0.459 e. The summed E-state index contributed by atoms with van der Waals surface area (Å²) in [4.78, 5) is 12.4. The number of nitriles is 1. The van der Waals surface area contributed by atoms with E-state index in [-0.39, 0.29) is 28.9 Å². The molecule has 2 N–H and O–H groups in total. The molecular formula is C17H17FN2O3. The topological polar surface area (TPSA) is 85.3 Å². The normalized spacial score (nSPS) is 17.8. The van der Waals surface area contributed by atoms with E-state index >= 15 is 0 Å². The first-order valence-electron chi connectivity index (χ1n) is 7.10. The van der Waals surface area contributed by atoms with E-state index in [4.69, 9.17) is 15.2 Å². The fourth-order valence-corrected chi connectivity index (χ4v) is 2.44. The number of allylic oxidation sites excluding steroid dienone is 2. The molecule has 120 valence electrons. The van der Waals surface area contributed by atoms with Crippen molar-refractivity contribution in [3.05, 3.63) is 58.4 Å². The molecular weight excluding hydrogens is 299 g/mol. The Morgan fingerprint density at radius 3 is 2.74 bits per heavy atom. The number of carbonyl (C=O) groups excluding carboxylic acids is 1. The molecule has 0 saturated carbocycles. The molecule has 1 aliphatic rings. The lowest BCUT2D eigenvalue weighted by molar-refractivity contribution is -0.143. The fraction of sp³-hybridized carbons (Fsp3) is 0.294. The highest BCUT2D eigenvalue weighted by atomic mass is 19.1. The smallest absolute Gasteiger partial charge is 0.338 e. The number of carbonyl (C=O) groups is 1. The Hall–Kier alpha value is -2.81. The lowest BCUT2D eigenvalue weighted by Crippen LogP contribution is -2.26. The van der Waals surface area contributed by atoms with Crippen LogP contribution in [0.5, 0.6) is 0 Å². The first-order valence-corrected chi connectivity index (χ1v) is 7.10. The predicted molar refractivity (Wildman–Crippen MR) is 81.0 cm³/mol. The minimum atomic E-state index is -0.823. The van der Waals surface area contributed by atoms with Gasteiger partial charge in [0.1, 0.15) is 23.2 Å². The fourth-order valence-electron chi connectivity index (χ4n) is 2.44. The van der Waals surface area contributed by atoms with Gasteiger partial charge in [0.15, 0.2) is 0 Å². The molecule has 0 spiro atoms. The van der Waals surface area contributed by atoms with Crippen molar-refractivity contribution in [2.45, 2.75) is 32.8 Å². The molecule has 1 aliphatic heterocycles. The molecule has 1 aromatic carbocycles. The van der Waals surface area contributed by atoms with Gasteiger partial charge in [0.2, 0.25) is 5.88 Å². The molecule has 0 amide bonds. The molecule has 0 aromatic heterocycles. The van der Waals surface area contributed by atoms with Crippen molar-refractivity contribution in [2.24, 2.45) is 5.73 Å². The second kappa shape index (κ2) is 6.53. The second-order valence-electron chi connectivity index (χ2n) is 5.40. The molecule has 0 bridgehead atoms. The van der Waals surface area contributed by atoms with Crippen LogP contribution < -0.4 is 5.73 Å². The SMILES string of the molecule is CC1=C(C(=O)OC(C)C)[C@H](c2cccc(F)c2)C(C#N)=C(N)O1. The molecule has 0 fully saturated rings. The summed E-state index contributed by atoms with van der Waals surface area (Å²) in [7, 11) is 0. The van der Waals surface area contributed by atoms with Gasteiger partial charge in [0, 0.05) is 0 Å². The summed E-state index contributed by atoms with van der Waals surface area (Å²) >= 11 is 0. The van der Waals surface area contributed by atoms with Crippen LogP contribution in [0.25, 0.3) is 0 Å². The molecule has 1 atom stereocenters. The Morgan fingerprint density at radius 1 is 1.48 bits per heavy atom. The number of hydrogen-bond acceptors (Lipinski definition) is 5. The molecule has 6 heteroatoms. The maximum atomic E-state index is 13.6.